The zero-order valence-electron chi connectivity index (χ0n) is 10.5. The summed E-state index contributed by atoms with van der Waals surface area (Å²) in [6, 6.07) is 0.982. The number of hydrogen-bond acceptors (Lipinski definition) is 4. The van der Waals surface area contributed by atoms with Gasteiger partial charge in [-0.15, -0.1) is 0 Å². The first kappa shape index (κ1) is 15.3. The van der Waals surface area contributed by atoms with Crippen molar-refractivity contribution in [1.82, 2.24) is 0 Å². The minimum Gasteiger partial charge on any atom is -0.462 e. The fraction of sp³-hybridized carbons (Fsp3) is 0.727. The quantitative estimate of drug-likeness (QED) is 0.270. The van der Waals surface area contributed by atoms with Crippen LogP contribution in [0, 0.1) is 0 Å². The van der Waals surface area contributed by atoms with Crippen molar-refractivity contribution in [2.24, 2.45) is 0 Å². The highest BCUT2D eigenvalue weighted by atomic mass is 28.4. The van der Waals surface area contributed by atoms with Crippen molar-refractivity contribution in [3.63, 3.8) is 0 Å². The lowest BCUT2D eigenvalue weighted by atomic mass is 10.5. The second-order valence-electron chi connectivity index (χ2n) is 4.05. The Morgan fingerprint density at radius 3 is 2.56 bits per heavy atom. The van der Waals surface area contributed by atoms with Crippen molar-refractivity contribution in [2.45, 2.75) is 25.6 Å². The number of carbonyl (C=O) groups excluding carboxylic acids is 1. The maximum atomic E-state index is 10.7. The molecule has 0 saturated heterocycles. The Labute approximate surface area is 98.7 Å². The highest BCUT2D eigenvalue weighted by molar-refractivity contribution is 6.71. The molecule has 0 aliphatic heterocycles. The number of carbonyl (C=O) groups is 1. The van der Waals surface area contributed by atoms with E-state index in [1.54, 1.807) is 7.11 Å². The first-order valence-corrected chi connectivity index (χ1v) is 8.55. The van der Waals surface area contributed by atoms with Crippen molar-refractivity contribution in [3.05, 3.63) is 12.7 Å². The number of ether oxygens (including phenoxy) is 2. The molecular formula is C11H22O4Si. The Hall–Kier alpha value is -0.653. The molecule has 0 heterocycles. The fourth-order valence-electron chi connectivity index (χ4n) is 0.915. The normalized spacial score (nSPS) is 11.2. The van der Waals surface area contributed by atoms with Crippen LogP contribution in [0.5, 0.6) is 0 Å². The molecule has 0 aromatic heterocycles. The van der Waals surface area contributed by atoms with E-state index in [0.717, 1.165) is 12.1 Å². The molecule has 4 nitrogen and oxygen atoms in total. The minimum atomic E-state index is -1.49. The average Bonchev–Trinajstić information content (AvgIpc) is 2.27. The van der Waals surface area contributed by atoms with Crippen LogP contribution in [0.3, 0.4) is 0 Å². The summed E-state index contributed by atoms with van der Waals surface area (Å²) < 4.78 is 15.6. The fourth-order valence-corrected chi connectivity index (χ4v) is 1.75. The summed E-state index contributed by atoms with van der Waals surface area (Å²) in [6.07, 6.45) is 1.88. The Morgan fingerprint density at radius 2 is 2.00 bits per heavy atom. The van der Waals surface area contributed by atoms with Crippen molar-refractivity contribution in [2.75, 3.05) is 26.9 Å². The molecule has 0 aliphatic carbocycles. The highest BCUT2D eigenvalue weighted by Gasteiger charge is 2.19. The maximum Gasteiger partial charge on any atom is 0.330 e. The summed E-state index contributed by atoms with van der Waals surface area (Å²) in [6.45, 7) is 9.33. The largest absolute Gasteiger partial charge is 0.462 e. The van der Waals surface area contributed by atoms with Crippen LogP contribution in [0.2, 0.25) is 19.1 Å². The average molecular weight is 246 g/mol. The van der Waals surface area contributed by atoms with Crippen molar-refractivity contribution in [1.29, 1.82) is 0 Å². The van der Waals surface area contributed by atoms with Gasteiger partial charge < -0.3 is 13.9 Å². The Bertz CT molecular complexity index is 216. The molecule has 0 aromatic rings. The van der Waals surface area contributed by atoms with E-state index in [9.17, 15) is 4.79 Å². The van der Waals surface area contributed by atoms with E-state index in [1.165, 1.54) is 0 Å². The molecule has 0 saturated carbocycles. The van der Waals surface area contributed by atoms with Crippen molar-refractivity contribution >= 4 is 14.3 Å². The molecule has 0 fully saturated rings. The van der Waals surface area contributed by atoms with Gasteiger partial charge in [-0.3, -0.25) is 0 Å². The highest BCUT2D eigenvalue weighted by Crippen LogP contribution is 2.09. The molecule has 0 spiro atoms. The van der Waals surface area contributed by atoms with E-state index in [4.69, 9.17) is 13.9 Å². The van der Waals surface area contributed by atoms with Crippen LogP contribution in [-0.2, 0) is 18.7 Å². The summed E-state index contributed by atoms with van der Waals surface area (Å²) in [7, 11) is 0.258. The van der Waals surface area contributed by atoms with E-state index in [-0.39, 0.29) is 5.97 Å². The predicted molar refractivity (Wildman–Crippen MR) is 65.9 cm³/mol. The second-order valence-corrected chi connectivity index (χ2v) is 8.48. The van der Waals surface area contributed by atoms with Gasteiger partial charge in [-0.05, 0) is 19.1 Å². The third kappa shape index (κ3) is 8.64. The number of esters is 1. The molecule has 94 valence electrons. The second kappa shape index (κ2) is 8.49. The van der Waals surface area contributed by atoms with E-state index in [0.29, 0.717) is 26.2 Å². The first-order chi connectivity index (χ1) is 7.52. The summed E-state index contributed by atoms with van der Waals surface area (Å²) in [4.78, 5) is 10.7. The van der Waals surface area contributed by atoms with Crippen LogP contribution in [-0.4, -0.2) is 41.2 Å². The molecule has 16 heavy (non-hydrogen) atoms. The van der Waals surface area contributed by atoms with Crippen LogP contribution in [0.1, 0.15) is 6.42 Å². The molecule has 0 rings (SSSR count). The Balaban J connectivity index is 3.28. The molecule has 0 bridgehead atoms. The van der Waals surface area contributed by atoms with Gasteiger partial charge in [0.05, 0.1) is 6.61 Å². The lowest BCUT2D eigenvalue weighted by Crippen LogP contribution is -2.30. The lowest BCUT2D eigenvalue weighted by molar-refractivity contribution is -0.138. The van der Waals surface area contributed by atoms with E-state index >= 15 is 0 Å². The molecule has 0 radical (unpaired) electrons. The molecule has 0 amide bonds. The molecule has 0 atom stereocenters. The SMILES string of the molecule is C=CC(=O)OCCCOCC[Si](C)(C)OC. The van der Waals surface area contributed by atoms with Crippen LogP contribution in [0.15, 0.2) is 12.7 Å². The maximum absolute atomic E-state index is 10.7. The predicted octanol–water partition coefficient (Wildman–Crippen LogP) is 1.97. The van der Waals surface area contributed by atoms with Gasteiger partial charge in [0.2, 0.25) is 0 Å². The van der Waals surface area contributed by atoms with Gasteiger partial charge in [0, 0.05) is 32.8 Å². The lowest BCUT2D eigenvalue weighted by Gasteiger charge is -2.19. The number of hydrogen-bond donors (Lipinski definition) is 0. The van der Waals surface area contributed by atoms with E-state index in [2.05, 4.69) is 19.7 Å². The molecular weight excluding hydrogens is 224 g/mol. The molecule has 0 aromatic carbocycles. The van der Waals surface area contributed by atoms with Gasteiger partial charge in [0.1, 0.15) is 0 Å². The summed E-state index contributed by atoms with van der Waals surface area (Å²) in [5.74, 6) is -0.382. The standard InChI is InChI=1S/C11H22O4Si/c1-5-11(12)15-8-6-7-14-9-10-16(3,4)13-2/h5H,1,6-10H2,2-4H3. The monoisotopic (exact) mass is 246 g/mol. The van der Waals surface area contributed by atoms with Gasteiger partial charge in [-0.2, -0.15) is 0 Å². The van der Waals surface area contributed by atoms with E-state index < -0.39 is 8.32 Å². The van der Waals surface area contributed by atoms with Crippen molar-refractivity contribution < 1.29 is 18.7 Å². The smallest absolute Gasteiger partial charge is 0.330 e. The minimum absolute atomic E-state index is 0.382. The molecule has 0 aliphatic rings. The van der Waals surface area contributed by atoms with E-state index in [1.807, 2.05) is 0 Å². The summed E-state index contributed by atoms with van der Waals surface area (Å²) in [5, 5.41) is 0. The van der Waals surface area contributed by atoms with Crippen LogP contribution in [0.25, 0.3) is 0 Å². The van der Waals surface area contributed by atoms with Gasteiger partial charge in [0.15, 0.2) is 8.32 Å². The Morgan fingerprint density at radius 1 is 1.31 bits per heavy atom. The molecule has 0 unspecified atom stereocenters. The third-order valence-corrected chi connectivity index (χ3v) is 4.76. The molecule has 0 N–H and O–H groups in total. The number of rotatable bonds is 9. The van der Waals surface area contributed by atoms with Crippen LogP contribution in [0.4, 0.5) is 0 Å². The van der Waals surface area contributed by atoms with Gasteiger partial charge in [-0.25, -0.2) is 4.79 Å². The molecule has 5 heteroatoms. The van der Waals surface area contributed by atoms with Crippen LogP contribution < -0.4 is 0 Å². The van der Waals surface area contributed by atoms with Gasteiger partial charge >= 0.3 is 5.97 Å². The zero-order chi connectivity index (χ0) is 12.4. The zero-order valence-corrected chi connectivity index (χ0v) is 11.5. The van der Waals surface area contributed by atoms with Gasteiger partial charge in [0.25, 0.3) is 0 Å². The topological polar surface area (TPSA) is 44.8 Å². The van der Waals surface area contributed by atoms with Crippen LogP contribution >= 0.6 is 0 Å². The van der Waals surface area contributed by atoms with Gasteiger partial charge in [-0.1, -0.05) is 6.58 Å². The first-order valence-electron chi connectivity index (χ1n) is 5.44. The summed E-state index contributed by atoms with van der Waals surface area (Å²) in [5.41, 5.74) is 0. The Kier molecular flexibility index (Phi) is 8.15. The summed E-state index contributed by atoms with van der Waals surface area (Å²) >= 11 is 0. The van der Waals surface area contributed by atoms with Crippen molar-refractivity contribution in [3.8, 4) is 0 Å². The third-order valence-electron chi connectivity index (χ3n) is 2.25.